The lowest BCUT2D eigenvalue weighted by Gasteiger charge is -2.22. The van der Waals surface area contributed by atoms with E-state index in [0.717, 1.165) is 38.4 Å². The van der Waals surface area contributed by atoms with Gasteiger partial charge >= 0.3 is 0 Å². The van der Waals surface area contributed by atoms with Gasteiger partial charge in [0.25, 0.3) is 0 Å². The number of aromatic nitrogens is 1. The van der Waals surface area contributed by atoms with Gasteiger partial charge in [-0.1, -0.05) is 26.8 Å². The molecule has 0 aliphatic heterocycles. The molecule has 0 fully saturated rings. The van der Waals surface area contributed by atoms with Crippen LogP contribution in [-0.2, 0) is 6.54 Å². The van der Waals surface area contributed by atoms with E-state index in [0.29, 0.717) is 5.92 Å². The number of hydrogen-bond donors (Lipinski definition) is 1. The molecule has 0 radical (unpaired) electrons. The number of rotatable bonds is 9. The summed E-state index contributed by atoms with van der Waals surface area (Å²) in [7, 11) is 0. The van der Waals surface area contributed by atoms with Gasteiger partial charge in [0.15, 0.2) is 0 Å². The molecule has 0 unspecified atom stereocenters. The highest BCUT2D eigenvalue weighted by atomic mass is 15.2. The molecule has 0 saturated heterocycles. The molecule has 3 heteroatoms. The van der Waals surface area contributed by atoms with E-state index >= 15 is 0 Å². The van der Waals surface area contributed by atoms with Gasteiger partial charge in [0, 0.05) is 25.8 Å². The lowest BCUT2D eigenvalue weighted by atomic mass is 10.2. The summed E-state index contributed by atoms with van der Waals surface area (Å²) >= 11 is 0. The van der Waals surface area contributed by atoms with Crippen LogP contribution in [0.4, 0.5) is 5.82 Å². The molecule has 1 aromatic rings. The number of anilines is 1. The van der Waals surface area contributed by atoms with E-state index in [1.54, 1.807) is 0 Å². The molecule has 1 heterocycles. The molecule has 0 saturated carbocycles. The van der Waals surface area contributed by atoms with Crippen LogP contribution in [0, 0.1) is 5.92 Å². The SMILES string of the molecule is C=CCN(CCC)c1cc(CNCC(C)C)ccn1. The third kappa shape index (κ3) is 5.88. The first-order valence-electron chi connectivity index (χ1n) is 7.18. The van der Waals surface area contributed by atoms with Gasteiger partial charge in [-0.25, -0.2) is 4.98 Å². The van der Waals surface area contributed by atoms with Crippen LogP contribution in [0.15, 0.2) is 31.0 Å². The average Bonchev–Trinajstić information content (AvgIpc) is 2.38. The van der Waals surface area contributed by atoms with Crippen molar-refractivity contribution in [1.29, 1.82) is 0 Å². The van der Waals surface area contributed by atoms with Crippen LogP contribution >= 0.6 is 0 Å². The van der Waals surface area contributed by atoms with Gasteiger partial charge in [0.1, 0.15) is 5.82 Å². The zero-order chi connectivity index (χ0) is 14.1. The summed E-state index contributed by atoms with van der Waals surface area (Å²) in [5.74, 6) is 1.73. The Morgan fingerprint density at radius 1 is 1.47 bits per heavy atom. The summed E-state index contributed by atoms with van der Waals surface area (Å²) in [5.41, 5.74) is 1.29. The minimum atomic E-state index is 0.679. The summed E-state index contributed by atoms with van der Waals surface area (Å²) in [6.07, 6.45) is 4.94. The maximum absolute atomic E-state index is 4.47. The van der Waals surface area contributed by atoms with E-state index in [4.69, 9.17) is 0 Å². The first kappa shape index (κ1) is 15.7. The molecular weight excluding hydrogens is 234 g/mol. The lowest BCUT2D eigenvalue weighted by Crippen LogP contribution is -2.25. The van der Waals surface area contributed by atoms with Crippen LogP contribution in [0.2, 0.25) is 0 Å². The Morgan fingerprint density at radius 3 is 2.89 bits per heavy atom. The van der Waals surface area contributed by atoms with Crippen LogP contribution in [0.1, 0.15) is 32.8 Å². The van der Waals surface area contributed by atoms with Gasteiger partial charge in [-0.3, -0.25) is 0 Å². The predicted octanol–water partition coefficient (Wildman–Crippen LogP) is 3.23. The van der Waals surface area contributed by atoms with Crippen molar-refractivity contribution in [2.24, 2.45) is 5.92 Å². The van der Waals surface area contributed by atoms with Crippen LogP contribution in [0.25, 0.3) is 0 Å². The van der Waals surface area contributed by atoms with Crippen molar-refractivity contribution in [3.63, 3.8) is 0 Å². The maximum Gasteiger partial charge on any atom is 0.129 e. The molecule has 1 aromatic heterocycles. The Bertz CT molecular complexity index is 374. The van der Waals surface area contributed by atoms with Crippen LogP contribution in [0.3, 0.4) is 0 Å². The van der Waals surface area contributed by atoms with Crippen molar-refractivity contribution in [2.45, 2.75) is 33.7 Å². The van der Waals surface area contributed by atoms with Gasteiger partial charge in [0.2, 0.25) is 0 Å². The fraction of sp³-hybridized carbons (Fsp3) is 0.562. The minimum absolute atomic E-state index is 0.679. The maximum atomic E-state index is 4.47. The standard InChI is InChI=1S/C16H27N3/c1-5-9-19(10-6-2)16-11-15(7-8-18-16)13-17-12-14(3)4/h5,7-8,11,14,17H,1,6,9-10,12-13H2,2-4H3. The van der Waals surface area contributed by atoms with Gasteiger partial charge in [-0.05, 0) is 36.6 Å². The lowest BCUT2D eigenvalue weighted by molar-refractivity contribution is 0.552. The summed E-state index contributed by atoms with van der Waals surface area (Å²) < 4.78 is 0. The van der Waals surface area contributed by atoms with Crippen molar-refractivity contribution in [3.05, 3.63) is 36.5 Å². The number of nitrogens with zero attached hydrogens (tertiary/aromatic N) is 2. The van der Waals surface area contributed by atoms with Crippen molar-refractivity contribution in [3.8, 4) is 0 Å². The van der Waals surface area contributed by atoms with E-state index in [1.807, 2.05) is 12.3 Å². The second-order valence-electron chi connectivity index (χ2n) is 5.28. The predicted molar refractivity (Wildman–Crippen MR) is 83.5 cm³/mol. The van der Waals surface area contributed by atoms with Crippen LogP contribution in [0.5, 0.6) is 0 Å². The quantitative estimate of drug-likeness (QED) is 0.692. The second kappa shape index (κ2) is 8.70. The number of nitrogens with one attached hydrogen (secondary N) is 1. The normalized spacial score (nSPS) is 10.7. The first-order valence-corrected chi connectivity index (χ1v) is 7.18. The highest BCUT2D eigenvalue weighted by molar-refractivity contribution is 5.41. The third-order valence-electron chi connectivity index (χ3n) is 2.86. The molecule has 0 aromatic carbocycles. The molecule has 19 heavy (non-hydrogen) atoms. The number of hydrogen-bond acceptors (Lipinski definition) is 3. The Morgan fingerprint density at radius 2 is 2.26 bits per heavy atom. The molecule has 1 rings (SSSR count). The van der Waals surface area contributed by atoms with Crippen molar-refractivity contribution in [2.75, 3.05) is 24.5 Å². The van der Waals surface area contributed by atoms with Gasteiger partial charge in [-0.2, -0.15) is 0 Å². The molecule has 0 amide bonds. The summed E-state index contributed by atoms with van der Waals surface area (Å²) in [5, 5.41) is 3.46. The van der Waals surface area contributed by atoms with Crippen molar-refractivity contribution in [1.82, 2.24) is 10.3 Å². The molecule has 0 atom stereocenters. The largest absolute Gasteiger partial charge is 0.353 e. The molecule has 0 aliphatic carbocycles. The Kier molecular flexibility index (Phi) is 7.19. The average molecular weight is 261 g/mol. The topological polar surface area (TPSA) is 28.2 Å². The van der Waals surface area contributed by atoms with Gasteiger partial charge in [0.05, 0.1) is 0 Å². The van der Waals surface area contributed by atoms with E-state index in [1.165, 1.54) is 5.56 Å². The van der Waals surface area contributed by atoms with E-state index in [2.05, 4.69) is 54.7 Å². The molecule has 0 spiro atoms. The summed E-state index contributed by atoms with van der Waals surface area (Å²) in [4.78, 5) is 6.73. The highest BCUT2D eigenvalue weighted by Gasteiger charge is 2.06. The molecule has 0 aliphatic rings. The Hall–Kier alpha value is -1.35. The smallest absolute Gasteiger partial charge is 0.129 e. The molecular formula is C16H27N3. The molecule has 3 nitrogen and oxygen atoms in total. The van der Waals surface area contributed by atoms with Crippen molar-refractivity contribution >= 4 is 5.82 Å². The minimum Gasteiger partial charge on any atom is -0.353 e. The zero-order valence-corrected chi connectivity index (χ0v) is 12.5. The molecule has 106 valence electrons. The summed E-state index contributed by atoms with van der Waals surface area (Å²) in [6, 6.07) is 4.25. The highest BCUT2D eigenvalue weighted by Crippen LogP contribution is 2.13. The van der Waals surface area contributed by atoms with Gasteiger partial charge in [-0.15, -0.1) is 6.58 Å². The number of pyridine rings is 1. The Labute approximate surface area is 117 Å². The van der Waals surface area contributed by atoms with E-state index in [9.17, 15) is 0 Å². The monoisotopic (exact) mass is 261 g/mol. The molecule has 1 N–H and O–H groups in total. The summed E-state index contributed by atoms with van der Waals surface area (Å²) in [6.45, 7) is 14.3. The van der Waals surface area contributed by atoms with Gasteiger partial charge < -0.3 is 10.2 Å². The first-order chi connectivity index (χ1) is 9.17. The van der Waals surface area contributed by atoms with E-state index < -0.39 is 0 Å². The third-order valence-corrected chi connectivity index (χ3v) is 2.86. The van der Waals surface area contributed by atoms with Crippen LogP contribution in [-0.4, -0.2) is 24.6 Å². The molecule has 0 bridgehead atoms. The second-order valence-corrected chi connectivity index (χ2v) is 5.28. The van der Waals surface area contributed by atoms with E-state index in [-0.39, 0.29) is 0 Å². The zero-order valence-electron chi connectivity index (χ0n) is 12.5. The Balaban J connectivity index is 2.65. The fourth-order valence-corrected chi connectivity index (χ4v) is 1.97. The van der Waals surface area contributed by atoms with Crippen molar-refractivity contribution < 1.29 is 0 Å². The van der Waals surface area contributed by atoms with Crippen LogP contribution < -0.4 is 10.2 Å². The fourth-order valence-electron chi connectivity index (χ4n) is 1.97.